The summed E-state index contributed by atoms with van der Waals surface area (Å²) >= 11 is 0. The highest BCUT2D eigenvalue weighted by Gasteiger charge is 2.66. The van der Waals surface area contributed by atoms with E-state index in [9.17, 15) is 9.59 Å². The average Bonchev–Trinajstić information content (AvgIpc) is 2.79. The van der Waals surface area contributed by atoms with Gasteiger partial charge in [0.2, 0.25) is 0 Å². The van der Waals surface area contributed by atoms with E-state index in [1.807, 2.05) is 26.0 Å². The monoisotopic (exact) mass is 314 g/mol. The molecule has 0 saturated heterocycles. The molecule has 1 atom stereocenters. The van der Waals surface area contributed by atoms with Crippen molar-refractivity contribution < 1.29 is 19.1 Å². The molecule has 1 aromatic rings. The molecule has 0 amide bonds. The molecule has 1 unspecified atom stereocenters. The molecule has 1 aromatic carbocycles. The number of carbonyl (C=O) groups is 2. The molecule has 4 heteroatoms. The number of benzene rings is 1. The number of fused-ring (bicyclic) bond motifs is 2. The second kappa shape index (κ2) is 5.22. The first-order chi connectivity index (χ1) is 10.9. The summed E-state index contributed by atoms with van der Waals surface area (Å²) in [5.41, 5.74) is 1.62. The third-order valence-corrected chi connectivity index (χ3v) is 5.68. The fraction of sp³-hybridized carbons (Fsp3) is 0.474. The number of methoxy groups -OCH3 is 2. The fourth-order valence-corrected chi connectivity index (χ4v) is 4.37. The fourth-order valence-electron chi connectivity index (χ4n) is 4.37. The quantitative estimate of drug-likeness (QED) is 0.622. The van der Waals surface area contributed by atoms with Crippen LogP contribution in [0.15, 0.2) is 29.8 Å². The van der Waals surface area contributed by atoms with Crippen LogP contribution in [-0.2, 0) is 25.5 Å². The SMILES string of the molecule is COC(=O)C1(C(=O)OC)CC2Cc3ccccc3C=C2C1(C)C. The molecule has 23 heavy (non-hydrogen) atoms. The Hall–Kier alpha value is -2.10. The minimum atomic E-state index is -1.28. The molecule has 0 spiro atoms. The maximum absolute atomic E-state index is 12.6. The van der Waals surface area contributed by atoms with E-state index >= 15 is 0 Å². The largest absolute Gasteiger partial charge is 0.468 e. The van der Waals surface area contributed by atoms with Gasteiger partial charge in [0.05, 0.1) is 14.2 Å². The number of carbonyl (C=O) groups excluding carboxylic acids is 2. The van der Waals surface area contributed by atoms with E-state index in [2.05, 4.69) is 18.2 Å². The Labute approximate surface area is 136 Å². The van der Waals surface area contributed by atoms with Crippen LogP contribution >= 0.6 is 0 Å². The van der Waals surface area contributed by atoms with Crippen LogP contribution < -0.4 is 0 Å². The summed E-state index contributed by atoms with van der Waals surface area (Å²) in [5.74, 6) is -0.861. The highest BCUT2D eigenvalue weighted by atomic mass is 16.5. The maximum Gasteiger partial charge on any atom is 0.324 e. The second-order valence-electron chi connectivity index (χ2n) is 6.92. The van der Waals surface area contributed by atoms with Crippen LogP contribution in [0.2, 0.25) is 0 Å². The van der Waals surface area contributed by atoms with Gasteiger partial charge in [-0.05, 0) is 29.9 Å². The summed E-state index contributed by atoms with van der Waals surface area (Å²) < 4.78 is 10.0. The molecule has 1 saturated carbocycles. The lowest BCUT2D eigenvalue weighted by Crippen LogP contribution is -2.49. The van der Waals surface area contributed by atoms with Crippen molar-refractivity contribution in [3.05, 3.63) is 41.0 Å². The van der Waals surface area contributed by atoms with E-state index in [1.54, 1.807) is 0 Å². The summed E-state index contributed by atoms with van der Waals surface area (Å²) in [5, 5.41) is 0. The highest BCUT2D eigenvalue weighted by molar-refractivity contribution is 6.02. The molecule has 122 valence electrons. The second-order valence-corrected chi connectivity index (χ2v) is 6.92. The number of ether oxygens (including phenoxy) is 2. The van der Waals surface area contributed by atoms with Crippen molar-refractivity contribution in [1.29, 1.82) is 0 Å². The normalized spacial score (nSPS) is 23.3. The summed E-state index contributed by atoms with van der Waals surface area (Å²) in [4.78, 5) is 25.2. The molecule has 1 fully saturated rings. The summed E-state index contributed by atoms with van der Waals surface area (Å²) in [6, 6.07) is 8.20. The maximum atomic E-state index is 12.6. The first-order valence-electron chi connectivity index (χ1n) is 7.85. The zero-order valence-corrected chi connectivity index (χ0v) is 14.0. The Morgan fingerprint density at radius 2 is 1.70 bits per heavy atom. The third-order valence-electron chi connectivity index (χ3n) is 5.68. The van der Waals surface area contributed by atoms with Gasteiger partial charge in [0.15, 0.2) is 5.41 Å². The topological polar surface area (TPSA) is 52.6 Å². The van der Waals surface area contributed by atoms with E-state index in [-0.39, 0.29) is 5.92 Å². The Bertz CT molecular complexity index is 683. The van der Waals surface area contributed by atoms with Gasteiger partial charge in [-0.1, -0.05) is 49.8 Å². The van der Waals surface area contributed by atoms with Crippen molar-refractivity contribution >= 4 is 18.0 Å². The smallest absolute Gasteiger partial charge is 0.324 e. The Balaban J connectivity index is 2.16. The molecule has 0 heterocycles. The lowest BCUT2D eigenvalue weighted by molar-refractivity contribution is -0.175. The lowest BCUT2D eigenvalue weighted by Gasteiger charge is -2.37. The first kappa shape index (κ1) is 15.8. The van der Waals surface area contributed by atoms with Crippen LogP contribution in [0.1, 0.15) is 31.4 Å². The molecule has 0 N–H and O–H groups in total. The van der Waals surface area contributed by atoms with E-state index in [4.69, 9.17) is 9.47 Å². The van der Waals surface area contributed by atoms with Gasteiger partial charge < -0.3 is 9.47 Å². The minimum Gasteiger partial charge on any atom is -0.468 e. The van der Waals surface area contributed by atoms with Gasteiger partial charge in [0.25, 0.3) is 0 Å². The molecule has 2 aliphatic carbocycles. The van der Waals surface area contributed by atoms with E-state index in [1.165, 1.54) is 19.8 Å². The predicted molar refractivity (Wildman–Crippen MR) is 86.5 cm³/mol. The predicted octanol–water partition coefficient (Wildman–Crippen LogP) is 3.00. The van der Waals surface area contributed by atoms with Crippen molar-refractivity contribution in [2.45, 2.75) is 26.7 Å². The molecule has 0 bridgehead atoms. The van der Waals surface area contributed by atoms with Gasteiger partial charge in [-0.3, -0.25) is 9.59 Å². The first-order valence-corrected chi connectivity index (χ1v) is 7.85. The van der Waals surface area contributed by atoms with Crippen LogP contribution in [0.4, 0.5) is 0 Å². The van der Waals surface area contributed by atoms with Gasteiger partial charge in [-0.25, -0.2) is 0 Å². The third kappa shape index (κ3) is 1.97. The molecule has 0 aliphatic heterocycles. The van der Waals surface area contributed by atoms with Gasteiger partial charge >= 0.3 is 11.9 Å². The summed E-state index contributed by atoms with van der Waals surface area (Å²) in [7, 11) is 2.66. The molecule has 0 radical (unpaired) electrons. The van der Waals surface area contributed by atoms with Crippen LogP contribution in [0.25, 0.3) is 6.08 Å². The van der Waals surface area contributed by atoms with Crippen molar-refractivity contribution in [2.24, 2.45) is 16.7 Å². The molecule has 4 nitrogen and oxygen atoms in total. The molecule has 3 rings (SSSR count). The van der Waals surface area contributed by atoms with Crippen molar-refractivity contribution in [1.82, 2.24) is 0 Å². The molecular weight excluding hydrogens is 292 g/mol. The number of rotatable bonds is 2. The molecule has 0 aromatic heterocycles. The lowest BCUT2D eigenvalue weighted by atomic mass is 9.66. The summed E-state index contributed by atoms with van der Waals surface area (Å²) in [6.45, 7) is 3.89. The van der Waals surface area contributed by atoms with E-state index < -0.39 is 22.8 Å². The Morgan fingerprint density at radius 1 is 1.09 bits per heavy atom. The minimum absolute atomic E-state index is 0.151. The zero-order chi connectivity index (χ0) is 16.8. The molecule has 2 aliphatic rings. The van der Waals surface area contributed by atoms with Crippen LogP contribution in [0.5, 0.6) is 0 Å². The van der Waals surface area contributed by atoms with Gasteiger partial charge in [0, 0.05) is 5.41 Å². The summed E-state index contributed by atoms with van der Waals surface area (Å²) in [6.07, 6.45) is 3.40. The van der Waals surface area contributed by atoms with Crippen molar-refractivity contribution in [2.75, 3.05) is 14.2 Å². The van der Waals surface area contributed by atoms with E-state index in [0.29, 0.717) is 6.42 Å². The molecular formula is C19H22O4. The van der Waals surface area contributed by atoms with Gasteiger partial charge in [-0.15, -0.1) is 0 Å². The average molecular weight is 314 g/mol. The number of esters is 2. The van der Waals surface area contributed by atoms with Crippen molar-refractivity contribution in [3.63, 3.8) is 0 Å². The van der Waals surface area contributed by atoms with Crippen molar-refractivity contribution in [3.8, 4) is 0 Å². The van der Waals surface area contributed by atoms with E-state index in [0.717, 1.165) is 17.6 Å². The number of hydrogen-bond acceptors (Lipinski definition) is 4. The number of hydrogen-bond donors (Lipinski definition) is 0. The van der Waals surface area contributed by atoms with Crippen LogP contribution in [0, 0.1) is 16.7 Å². The van der Waals surface area contributed by atoms with Gasteiger partial charge in [0.1, 0.15) is 0 Å². The van der Waals surface area contributed by atoms with Crippen LogP contribution in [0.3, 0.4) is 0 Å². The highest BCUT2D eigenvalue weighted by Crippen LogP contribution is 2.61. The zero-order valence-electron chi connectivity index (χ0n) is 14.0. The van der Waals surface area contributed by atoms with Gasteiger partial charge in [-0.2, -0.15) is 0 Å². The Morgan fingerprint density at radius 3 is 2.30 bits per heavy atom. The standard InChI is InChI=1S/C19H22O4/c1-18(2)15-10-13-8-6-5-7-12(13)9-14(15)11-19(18,16(20)22-3)17(21)23-4/h5-8,10,14H,9,11H2,1-4H3. The number of allylic oxidation sites excluding steroid dienone is 1. The van der Waals surface area contributed by atoms with Crippen LogP contribution in [-0.4, -0.2) is 26.2 Å². The Kier molecular flexibility index (Phi) is 3.58.